The van der Waals surface area contributed by atoms with Gasteiger partial charge in [0, 0.05) is 24.5 Å². The topological polar surface area (TPSA) is 25.2 Å². The Bertz CT molecular complexity index is 875. The van der Waals surface area contributed by atoms with Crippen LogP contribution in [0.4, 0.5) is 0 Å². The number of benzene rings is 2. The van der Waals surface area contributed by atoms with Gasteiger partial charge in [-0.05, 0) is 43.5 Å². The Kier molecular flexibility index (Phi) is 4.14. The Morgan fingerprint density at radius 1 is 0.880 bits per heavy atom. The second-order valence-electron chi connectivity index (χ2n) is 6.56. The van der Waals surface area contributed by atoms with Gasteiger partial charge in [-0.1, -0.05) is 48.5 Å². The average Bonchev–Trinajstić information content (AvgIpc) is 3.31. The van der Waals surface area contributed by atoms with Crippen LogP contribution in [0, 0.1) is 6.92 Å². The summed E-state index contributed by atoms with van der Waals surface area (Å²) in [6.07, 6.45) is 2.21. The van der Waals surface area contributed by atoms with Crippen molar-refractivity contribution in [3.05, 3.63) is 78.0 Å². The van der Waals surface area contributed by atoms with Gasteiger partial charge in [0.15, 0.2) is 0 Å². The zero-order valence-electron chi connectivity index (χ0n) is 14.5. The number of aromatic nitrogens is 1. The normalized spacial score (nSPS) is 14.0. The molecule has 0 spiro atoms. The molecule has 126 valence electrons. The third-order valence-electron chi connectivity index (χ3n) is 4.95. The van der Waals surface area contributed by atoms with E-state index in [0.29, 0.717) is 0 Å². The minimum absolute atomic E-state index is 0.155. The van der Waals surface area contributed by atoms with Crippen LogP contribution in [0.5, 0.6) is 0 Å². The summed E-state index contributed by atoms with van der Waals surface area (Å²) in [6, 6.07) is 22.6. The summed E-state index contributed by atoms with van der Waals surface area (Å²) in [5, 5.41) is 0. The van der Waals surface area contributed by atoms with Crippen molar-refractivity contribution in [1.29, 1.82) is 0 Å². The first kappa shape index (κ1) is 15.7. The van der Waals surface area contributed by atoms with Gasteiger partial charge >= 0.3 is 0 Å². The van der Waals surface area contributed by atoms with Crippen LogP contribution in [0.1, 0.15) is 28.9 Å². The molecule has 3 aromatic rings. The van der Waals surface area contributed by atoms with Gasteiger partial charge in [0.25, 0.3) is 5.91 Å². The molecule has 1 aliphatic rings. The van der Waals surface area contributed by atoms with Gasteiger partial charge in [0.2, 0.25) is 0 Å². The Morgan fingerprint density at radius 2 is 1.48 bits per heavy atom. The van der Waals surface area contributed by atoms with Gasteiger partial charge in [0.1, 0.15) is 0 Å². The molecule has 4 rings (SSSR count). The van der Waals surface area contributed by atoms with E-state index in [2.05, 4.69) is 34.9 Å². The first-order valence-corrected chi connectivity index (χ1v) is 8.88. The molecule has 25 heavy (non-hydrogen) atoms. The summed E-state index contributed by atoms with van der Waals surface area (Å²) in [5.74, 6) is 0.155. The number of likely N-dealkylation sites (tertiary alicyclic amines) is 1. The molecular weight excluding hydrogens is 308 g/mol. The molecule has 1 amide bonds. The van der Waals surface area contributed by atoms with Crippen molar-refractivity contribution in [2.24, 2.45) is 0 Å². The van der Waals surface area contributed by atoms with E-state index in [1.54, 1.807) is 0 Å². The minimum atomic E-state index is 0.155. The largest absolute Gasteiger partial charge is 0.339 e. The van der Waals surface area contributed by atoms with E-state index in [1.807, 2.05) is 48.2 Å². The van der Waals surface area contributed by atoms with E-state index in [0.717, 1.165) is 54.1 Å². The van der Waals surface area contributed by atoms with Crippen LogP contribution < -0.4 is 0 Å². The minimum Gasteiger partial charge on any atom is -0.339 e. The molecule has 0 saturated carbocycles. The molecule has 0 bridgehead atoms. The van der Waals surface area contributed by atoms with Crippen LogP contribution in [0.3, 0.4) is 0 Å². The van der Waals surface area contributed by atoms with Crippen LogP contribution in [-0.4, -0.2) is 28.5 Å². The first-order chi connectivity index (χ1) is 12.3. The van der Waals surface area contributed by atoms with E-state index in [-0.39, 0.29) is 5.91 Å². The van der Waals surface area contributed by atoms with Crippen LogP contribution in [0.15, 0.2) is 66.7 Å². The molecule has 1 fully saturated rings. The molecular formula is C22H22N2O. The quantitative estimate of drug-likeness (QED) is 0.684. The summed E-state index contributed by atoms with van der Waals surface area (Å²) in [5.41, 5.74) is 5.08. The SMILES string of the molecule is Cc1c(C(=O)N2CCCC2)cc(-c2ccccc2)n1-c1ccccc1. The highest BCUT2D eigenvalue weighted by Gasteiger charge is 2.25. The van der Waals surface area contributed by atoms with E-state index >= 15 is 0 Å². The Morgan fingerprint density at radius 3 is 2.12 bits per heavy atom. The first-order valence-electron chi connectivity index (χ1n) is 8.88. The van der Waals surface area contributed by atoms with Crippen molar-refractivity contribution in [2.45, 2.75) is 19.8 Å². The highest BCUT2D eigenvalue weighted by atomic mass is 16.2. The fourth-order valence-corrected chi connectivity index (χ4v) is 3.65. The molecule has 3 heteroatoms. The number of carbonyl (C=O) groups is 1. The van der Waals surface area contributed by atoms with Crippen LogP contribution in [-0.2, 0) is 0 Å². The number of hydrogen-bond acceptors (Lipinski definition) is 1. The van der Waals surface area contributed by atoms with E-state index in [4.69, 9.17) is 0 Å². The van der Waals surface area contributed by atoms with E-state index < -0.39 is 0 Å². The maximum atomic E-state index is 13.0. The smallest absolute Gasteiger partial charge is 0.255 e. The lowest BCUT2D eigenvalue weighted by Crippen LogP contribution is -2.27. The molecule has 3 nitrogen and oxygen atoms in total. The van der Waals surface area contributed by atoms with Crippen molar-refractivity contribution in [3.8, 4) is 16.9 Å². The lowest BCUT2D eigenvalue weighted by atomic mass is 10.1. The fraction of sp³-hybridized carbons (Fsp3) is 0.227. The molecule has 0 atom stereocenters. The molecule has 2 aromatic carbocycles. The second kappa shape index (κ2) is 6.60. The predicted molar refractivity (Wildman–Crippen MR) is 101 cm³/mol. The summed E-state index contributed by atoms with van der Waals surface area (Å²) >= 11 is 0. The zero-order valence-corrected chi connectivity index (χ0v) is 14.5. The van der Waals surface area contributed by atoms with Gasteiger partial charge in [-0.25, -0.2) is 0 Å². The highest BCUT2D eigenvalue weighted by Crippen LogP contribution is 2.30. The number of para-hydroxylation sites is 1. The second-order valence-corrected chi connectivity index (χ2v) is 6.56. The zero-order chi connectivity index (χ0) is 17.2. The van der Waals surface area contributed by atoms with E-state index in [9.17, 15) is 4.79 Å². The van der Waals surface area contributed by atoms with Crippen LogP contribution in [0.2, 0.25) is 0 Å². The predicted octanol–water partition coefficient (Wildman–Crippen LogP) is 4.69. The summed E-state index contributed by atoms with van der Waals surface area (Å²) in [4.78, 5) is 15.0. The van der Waals surface area contributed by atoms with Crippen molar-refractivity contribution < 1.29 is 4.79 Å². The van der Waals surface area contributed by atoms with Gasteiger partial charge < -0.3 is 9.47 Å². The standard InChI is InChI=1S/C22H22N2O/c1-17-20(22(25)23-14-8-9-15-23)16-21(18-10-4-2-5-11-18)24(17)19-12-6-3-7-13-19/h2-7,10-13,16H,8-9,14-15H2,1H3. The molecule has 1 saturated heterocycles. The molecule has 0 N–H and O–H groups in total. The summed E-state index contributed by atoms with van der Waals surface area (Å²) < 4.78 is 2.19. The number of carbonyl (C=O) groups excluding carboxylic acids is 1. The molecule has 0 unspecified atom stereocenters. The molecule has 2 heterocycles. The van der Waals surface area contributed by atoms with Crippen molar-refractivity contribution >= 4 is 5.91 Å². The maximum Gasteiger partial charge on any atom is 0.255 e. The van der Waals surface area contributed by atoms with Gasteiger partial charge in [0.05, 0.1) is 11.3 Å². The highest BCUT2D eigenvalue weighted by molar-refractivity contribution is 5.97. The van der Waals surface area contributed by atoms with Crippen LogP contribution in [0.25, 0.3) is 16.9 Å². The lowest BCUT2D eigenvalue weighted by molar-refractivity contribution is 0.0792. The monoisotopic (exact) mass is 330 g/mol. The Labute approximate surface area is 148 Å². The Balaban J connectivity index is 1.87. The maximum absolute atomic E-state index is 13.0. The number of hydrogen-bond donors (Lipinski definition) is 0. The molecule has 1 aliphatic heterocycles. The van der Waals surface area contributed by atoms with Gasteiger partial charge in [-0.15, -0.1) is 0 Å². The van der Waals surface area contributed by atoms with E-state index in [1.165, 1.54) is 0 Å². The third-order valence-corrected chi connectivity index (χ3v) is 4.95. The number of nitrogens with zero attached hydrogens (tertiary/aromatic N) is 2. The average molecular weight is 330 g/mol. The molecule has 1 aromatic heterocycles. The number of rotatable bonds is 3. The number of amides is 1. The van der Waals surface area contributed by atoms with Crippen molar-refractivity contribution in [3.63, 3.8) is 0 Å². The third kappa shape index (κ3) is 2.86. The van der Waals surface area contributed by atoms with Crippen molar-refractivity contribution in [1.82, 2.24) is 9.47 Å². The van der Waals surface area contributed by atoms with Gasteiger partial charge in [-0.3, -0.25) is 4.79 Å². The Hall–Kier alpha value is -2.81. The molecule has 0 aliphatic carbocycles. The fourth-order valence-electron chi connectivity index (χ4n) is 3.65. The molecule has 0 radical (unpaired) electrons. The summed E-state index contributed by atoms with van der Waals surface area (Å²) in [6.45, 7) is 3.79. The van der Waals surface area contributed by atoms with Gasteiger partial charge in [-0.2, -0.15) is 0 Å². The summed E-state index contributed by atoms with van der Waals surface area (Å²) in [7, 11) is 0. The van der Waals surface area contributed by atoms with Crippen molar-refractivity contribution in [2.75, 3.05) is 13.1 Å². The van der Waals surface area contributed by atoms with Crippen LogP contribution >= 0.6 is 0 Å². The lowest BCUT2D eigenvalue weighted by Gasteiger charge is -2.15.